The molecular formula is C15H15F3NO. The van der Waals surface area contributed by atoms with Gasteiger partial charge in [0.1, 0.15) is 0 Å². The normalized spacial score (nSPS) is 29.6. The molecule has 3 atom stereocenters. The van der Waals surface area contributed by atoms with Gasteiger partial charge in [0, 0.05) is 13.1 Å². The zero-order chi connectivity index (χ0) is 14.3. The van der Waals surface area contributed by atoms with Crippen LogP contribution in [0.3, 0.4) is 0 Å². The third kappa shape index (κ3) is 2.30. The Morgan fingerprint density at radius 2 is 1.70 bits per heavy atom. The van der Waals surface area contributed by atoms with Gasteiger partial charge < -0.3 is 4.90 Å². The van der Waals surface area contributed by atoms with Gasteiger partial charge in [0.15, 0.2) is 0 Å². The van der Waals surface area contributed by atoms with Crippen molar-refractivity contribution in [3.8, 4) is 0 Å². The molecule has 1 aliphatic heterocycles. The molecule has 1 radical (unpaired) electrons. The number of rotatable bonds is 2. The predicted molar refractivity (Wildman–Crippen MR) is 67.7 cm³/mol. The topological polar surface area (TPSA) is 20.3 Å². The van der Waals surface area contributed by atoms with E-state index in [-0.39, 0.29) is 5.92 Å². The van der Waals surface area contributed by atoms with Gasteiger partial charge in [-0.05, 0) is 42.2 Å². The molecule has 1 amide bonds. The Morgan fingerprint density at radius 1 is 1.10 bits per heavy atom. The molecule has 1 saturated carbocycles. The average Bonchev–Trinajstić information content (AvgIpc) is 2.95. The summed E-state index contributed by atoms with van der Waals surface area (Å²) in [4.78, 5) is 12.2. The zero-order valence-electron chi connectivity index (χ0n) is 10.9. The lowest BCUT2D eigenvalue weighted by Gasteiger charge is -2.19. The van der Waals surface area contributed by atoms with E-state index in [9.17, 15) is 18.0 Å². The second kappa shape index (κ2) is 4.79. The minimum atomic E-state index is -4.29. The van der Waals surface area contributed by atoms with Crippen LogP contribution in [0.1, 0.15) is 29.9 Å². The van der Waals surface area contributed by atoms with E-state index in [1.165, 1.54) is 6.07 Å². The van der Waals surface area contributed by atoms with Crippen LogP contribution in [0.25, 0.3) is 0 Å². The first-order valence-corrected chi connectivity index (χ1v) is 6.78. The third-order valence-corrected chi connectivity index (χ3v) is 4.59. The molecule has 107 valence electrons. The fraction of sp³-hybridized carbons (Fsp3) is 0.533. The lowest BCUT2D eigenvalue weighted by Crippen LogP contribution is -2.20. The number of hydrogen-bond donors (Lipinski definition) is 0. The number of alkyl halides is 3. The number of carbonyl (C=O) groups excluding carboxylic acids is 1. The average molecular weight is 282 g/mol. The highest BCUT2D eigenvalue weighted by Gasteiger charge is 2.43. The molecule has 0 aromatic heterocycles. The number of fused-ring (bicyclic) bond motifs is 1. The largest absolute Gasteiger partial charge is 0.416 e. The molecule has 0 bridgehead atoms. The number of benzene rings is 1. The summed E-state index contributed by atoms with van der Waals surface area (Å²) in [7, 11) is 0. The van der Waals surface area contributed by atoms with Gasteiger partial charge in [0.25, 0.3) is 0 Å². The van der Waals surface area contributed by atoms with Crippen LogP contribution in [0.15, 0.2) is 24.3 Å². The van der Waals surface area contributed by atoms with Gasteiger partial charge in [-0.25, -0.2) is 0 Å². The van der Waals surface area contributed by atoms with Crippen LogP contribution in [-0.4, -0.2) is 24.4 Å². The minimum Gasteiger partial charge on any atom is -0.334 e. The maximum absolute atomic E-state index is 13.0. The summed E-state index contributed by atoms with van der Waals surface area (Å²) in [5, 5.41) is 0. The lowest BCUT2D eigenvalue weighted by atomic mass is 9.91. The molecule has 5 heteroatoms. The lowest BCUT2D eigenvalue weighted by molar-refractivity contribution is -0.138. The highest BCUT2D eigenvalue weighted by Crippen LogP contribution is 2.48. The first-order valence-electron chi connectivity index (χ1n) is 6.78. The number of hydrogen-bond acceptors (Lipinski definition) is 1. The summed E-state index contributed by atoms with van der Waals surface area (Å²) >= 11 is 0. The van der Waals surface area contributed by atoms with Gasteiger partial charge >= 0.3 is 12.6 Å². The van der Waals surface area contributed by atoms with Crippen molar-refractivity contribution in [2.75, 3.05) is 13.1 Å². The van der Waals surface area contributed by atoms with Gasteiger partial charge in [-0.2, -0.15) is 13.2 Å². The molecule has 0 unspecified atom stereocenters. The van der Waals surface area contributed by atoms with Crippen molar-refractivity contribution >= 4 is 6.41 Å². The quantitative estimate of drug-likeness (QED) is 0.815. The Balaban J connectivity index is 1.82. The molecule has 1 aliphatic carbocycles. The molecular weight excluding hydrogens is 267 g/mol. The van der Waals surface area contributed by atoms with Crippen LogP contribution in [0.4, 0.5) is 13.2 Å². The highest BCUT2D eigenvalue weighted by atomic mass is 19.4. The summed E-state index contributed by atoms with van der Waals surface area (Å²) in [6.45, 7) is 1.28. The van der Waals surface area contributed by atoms with Gasteiger partial charge in [-0.3, -0.25) is 4.79 Å². The van der Waals surface area contributed by atoms with Crippen molar-refractivity contribution in [1.29, 1.82) is 0 Å². The summed E-state index contributed by atoms with van der Waals surface area (Å²) in [5.74, 6) is 0.599. The fourth-order valence-corrected chi connectivity index (χ4v) is 3.74. The van der Waals surface area contributed by atoms with E-state index in [1.54, 1.807) is 17.0 Å². The first kappa shape index (κ1) is 13.5. The molecule has 2 nitrogen and oxygen atoms in total. The molecule has 3 rings (SSSR count). The molecule has 1 saturated heterocycles. The van der Waals surface area contributed by atoms with Crippen LogP contribution in [-0.2, 0) is 11.0 Å². The Hall–Kier alpha value is -1.52. The van der Waals surface area contributed by atoms with Crippen LogP contribution in [0.5, 0.6) is 0 Å². The predicted octanol–water partition coefficient (Wildman–Crippen LogP) is 3.20. The molecule has 0 N–H and O–H groups in total. The van der Waals surface area contributed by atoms with Crippen molar-refractivity contribution < 1.29 is 18.0 Å². The molecule has 1 aromatic carbocycles. The van der Waals surface area contributed by atoms with Crippen molar-refractivity contribution in [3.63, 3.8) is 0 Å². The number of likely N-dealkylation sites (tertiary alicyclic amines) is 1. The Labute approximate surface area is 115 Å². The van der Waals surface area contributed by atoms with Crippen LogP contribution >= 0.6 is 0 Å². The van der Waals surface area contributed by atoms with Gasteiger partial charge in [0.2, 0.25) is 0 Å². The van der Waals surface area contributed by atoms with E-state index in [2.05, 4.69) is 0 Å². The monoisotopic (exact) mass is 282 g/mol. The summed E-state index contributed by atoms with van der Waals surface area (Å²) in [6.07, 6.45) is -0.944. The van der Waals surface area contributed by atoms with Crippen LogP contribution < -0.4 is 0 Å². The second-order valence-electron chi connectivity index (χ2n) is 5.77. The molecule has 2 aliphatic rings. The van der Waals surface area contributed by atoms with Crippen molar-refractivity contribution in [3.05, 3.63) is 35.4 Å². The maximum atomic E-state index is 13.0. The SMILES string of the molecule is O=[C]N1C[C@H]2C[C@H](c3ccccc3C(F)(F)F)C[C@H]2C1. The van der Waals surface area contributed by atoms with E-state index in [0.29, 0.717) is 30.5 Å². The van der Waals surface area contributed by atoms with E-state index in [1.807, 2.05) is 6.41 Å². The summed E-state index contributed by atoms with van der Waals surface area (Å²) in [6, 6.07) is 5.86. The van der Waals surface area contributed by atoms with E-state index in [4.69, 9.17) is 0 Å². The number of nitrogens with zero attached hydrogens (tertiary/aromatic N) is 1. The molecule has 0 spiro atoms. The molecule has 1 aromatic rings. The summed E-state index contributed by atoms with van der Waals surface area (Å²) < 4.78 is 39.1. The van der Waals surface area contributed by atoms with Crippen molar-refractivity contribution in [1.82, 2.24) is 4.90 Å². The Bertz CT molecular complexity index is 500. The highest BCUT2D eigenvalue weighted by molar-refractivity contribution is 5.49. The maximum Gasteiger partial charge on any atom is 0.416 e. The van der Waals surface area contributed by atoms with Crippen molar-refractivity contribution in [2.24, 2.45) is 11.8 Å². The van der Waals surface area contributed by atoms with Gasteiger partial charge in [0.05, 0.1) is 5.56 Å². The molecule has 20 heavy (non-hydrogen) atoms. The second-order valence-corrected chi connectivity index (χ2v) is 5.77. The third-order valence-electron chi connectivity index (χ3n) is 4.59. The standard InChI is InChI=1S/C15H15F3NO/c16-15(17,18)14-4-2-1-3-13(14)10-5-11-7-19(9-20)8-12(11)6-10/h1-4,10-12H,5-8H2/t10-,11+,12-. The van der Waals surface area contributed by atoms with Gasteiger partial charge in [-0.1, -0.05) is 18.2 Å². The van der Waals surface area contributed by atoms with Crippen LogP contribution in [0.2, 0.25) is 0 Å². The summed E-state index contributed by atoms with van der Waals surface area (Å²) in [5.41, 5.74) is -0.0974. The van der Waals surface area contributed by atoms with Gasteiger partial charge in [-0.15, -0.1) is 0 Å². The Morgan fingerprint density at radius 3 is 2.25 bits per heavy atom. The fourth-order valence-electron chi connectivity index (χ4n) is 3.74. The number of halogens is 3. The first-order chi connectivity index (χ1) is 9.49. The molecule has 2 fully saturated rings. The minimum absolute atomic E-state index is 0.0448. The van der Waals surface area contributed by atoms with Crippen molar-refractivity contribution in [2.45, 2.75) is 24.9 Å². The van der Waals surface area contributed by atoms with E-state index in [0.717, 1.165) is 18.9 Å². The van der Waals surface area contributed by atoms with E-state index >= 15 is 0 Å². The van der Waals surface area contributed by atoms with E-state index < -0.39 is 11.7 Å². The zero-order valence-corrected chi connectivity index (χ0v) is 10.9. The number of amides is 1. The molecule has 1 heterocycles. The van der Waals surface area contributed by atoms with Crippen LogP contribution in [0, 0.1) is 11.8 Å². The smallest absolute Gasteiger partial charge is 0.334 e. The Kier molecular flexibility index (Phi) is 3.22.